The van der Waals surface area contributed by atoms with Gasteiger partial charge in [0.25, 0.3) is 0 Å². The van der Waals surface area contributed by atoms with E-state index in [1.807, 2.05) is 11.5 Å². The Morgan fingerprint density at radius 3 is 2.16 bits per heavy atom. The van der Waals surface area contributed by atoms with Gasteiger partial charge in [-0.2, -0.15) is 0 Å². The summed E-state index contributed by atoms with van der Waals surface area (Å²) in [4.78, 5) is 48.6. The first-order chi connectivity index (χ1) is 14.7. The SMILES string of the molecule is COC(=O)c1ccc(-n2c(C)cc(C(=O)COC(=O)c3ccc(C(C)=O)s3)c2C)cc1. The summed E-state index contributed by atoms with van der Waals surface area (Å²) in [5, 5.41) is 0. The van der Waals surface area contributed by atoms with Gasteiger partial charge in [0.15, 0.2) is 12.4 Å². The van der Waals surface area contributed by atoms with E-state index in [0.29, 0.717) is 21.7 Å². The van der Waals surface area contributed by atoms with Gasteiger partial charge in [-0.05, 0) is 63.2 Å². The number of ether oxygens (including phenoxy) is 2. The molecule has 0 N–H and O–H groups in total. The number of Topliss-reactive ketones (excluding diaryl/α,β-unsaturated/α-hetero) is 2. The highest BCUT2D eigenvalue weighted by Gasteiger charge is 2.20. The van der Waals surface area contributed by atoms with Crippen LogP contribution >= 0.6 is 11.3 Å². The lowest BCUT2D eigenvalue weighted by Crippen LogP contribution is -2.14. The molecule has 0 aliphatic rings. The first kappa shape index (κ1) is 22.2. The zero-order valence-corrected chi connectivity index (χ0v) is 18.4. The van der Waals surface area contributed by atoms with Crippen LogP contribution in [-0.4, -0.2) is 41.8 Å². The van der Waals surface area contributed by atoms with Gasteiger partial charge in [0, 0.05) is 22.6 Å². The summed E-state index contributed by atoms with van der Waals surface area (Å²) in [7, 11) is 1.32. The third kappa shape index (κ3) is 4.64. The lowest BCUT2D eigenvalue weighted by molar-refractivity contribution is 0.0479. The van der Waals surface area contributed by atoms with Gasteiger partial charge in [0.1, 0.15) is 4.88 Å². The zero-order chi connectivity index (χ0) is 22.7. The first-order valence-electron chi connectivity index (χ1n) is 9.41. The average Bonchev–Trinajstić information content (AvgIpc) is 3.36. The monoisotopic (exact) mass is 439 g/mol. The Morgan fingerprint density at radius 2 is 1.58 bits per heavy atom. The van der Waals surface area contributed by atoms with E-state index in [-0.39, 0.29) is 16.4 Å². The summed E-state index contributed by atoms with van der Waals surface area (Å²) in [6.07, 6.45) is 0. The van der Waals surface area contributed by atoms with Gasteiger partial charge in [-0.1, -0.05) is 0 Å². The fourth-order valence-corrected chi connectivity index (χ4v) is 4.02. The van der Waals surface area contributed by atoms with Crippen molar-refractivity contribution in [2.45, 2.75) is 20.8 Å². The van der Waals surface area contributed by atoms with Crippen molar-refractivity contribution < 1.29 is 28.7 Å². The maximum Gasteiger partial charge on any atom is 0.348 e. The lowest BCUT2D eigenvalue weighted by atomic mass is 10.1. The Hall–Kier alpha value is -3.52. The highest BCUT2D eigenvalue weighted by Crippen LogP contribution is 2.23. The first-order valence-corrected chi connectivity index (χ1v) is 10.2. The predicted octanol–water partition coefficient (Wildman–Crippen LogP) is 4.18. The molecule has 2 aromatic heterocycles. The minimum atomic E-state index is -0.641. The molecule has 0 aliphatic carbocycles. The Labute approximate surface area is 183 Å². The van der Waals surface area contributed by atoms with Crippen LogP contribution in [0.1, 0.15) is 58.4 Å². The zero-order valence-electron chi connectivity index (χ0n) is 17.6. The molecule has 7 nitrogen and oxygen atoms in total. The Morgan fingerprint density at radius 1 is 0.935 bits per heavy atom. The van der Waals surface area contributed by atoms with Gasteiger partial charge in [-0.3, -0.25) is 9.59 Å². The number of carbonyl (C=O) groups is 4. The topological polar surface area (TPSA) is 91.7 Å². The second-order valence-electron chi connectivity index (χ2n) is 6.88. The quantitative estimate of drug-likeness (QED) is 0.405. The van der Waals surface area contributed by atoms with E-state index < -0.39 is 18.5 Å². The molecule has 0 saturated carbocycles. The molecular formula is C23H21NO6S. The minimum absolute atomic E-state index is 0.132. The normalized spacial score (nSPS) is 10.6. The third-order valence-electron chi connectivity index (χ3n) is 4.77. The molecule has 8 heteroatoms. The largest absolute Gasteiger partial charge is 0.465 e. The summed E-state index contributed by atoms with van der Waals surface area (Å²) < 4.78 is 11.7. The number of esters is 2. The number of rotatable bonds is 7. The van der Waals surface area contributed by atoms with Crippen LogP contribution in [0.2, 0.25) is 0 Å². The number of aromatic nitrogens is 1. The summed E-state index contributed by atoms with van der Waals surface area (Å²) in [6.45, 7) is 4.68. The lowest BCUT2D eigenvalue weighted by Gasteiger charge is -2.10. The van der Waals surface area contributed by atoms with E-state index in [1.54, 1.807) is 43.3 Å². The highest BCUT2D eigenvalue weighted by molar-refractivity contribution is 7.15. The van der Waals surface area contributed by atoms with Crippen molar-refractivity contribution in [3.63, 3.8) is 0 Å². The maximum absolute atomic E-state index is 12.7. The van der Waals surface area contributed by atoms with Crippen LogP contribution in [0.3, 0.4) is 0 Å². The van der Waals surface area contributed by atoms with Crippen LogP contribution in [0.4, 0.5) is 0 Å². The van der Waals surface area contributed by atoms with Crippen LogP contribution in [0.25, 0.3) is 5.69 Å². The summed E-state index contributed by atoms with van der Waals surface area (Å²) in [5.41, 5.74) is 3.17. The second-order valence-corrected chi connectivity index (χ2v) is 7.96. The fraction of sp³-hybridized carbons (Fsp3) is 0.217. The van der Waals surface area contributed by atoms with E-state index in [2.05, 4.69) is 0 Å². The number of hydrogen-bond acceptors (Lipinski definition) is 7. The van der Waals surface area contributed by atoms with Gasteiger partial charge in [0.05, 0.1) is 17.6 Å². The van der Waals surface area contributed by atoms with E-state index in [0.717, 1.165) is 22.7 Å². The molecule has 160 valence electrons. The van der Waals surface area contributed by atoms with Crippen molar-refractivity contribution in [3.05, 3.63) is 74.7 Å². The number of methoxy groups -OCH3 is 1. The van der Waals surface area contributed by atoms with E-state index in [4.69, 9.17) is 9.47 Å². The Balaban J connectivity index is 1.74. The molecule has 0 saturated heterocycles. The third-order valence-corrected chi connectivity index (χ3v) is 5.93. The fourth-order valence-electron chi connectivity index (χ4n) is 3.22. The van der Waals surface area contributed by atoms with Gasteiger partial charge >= 0.3 is 11.9 Å². The van der Waals surface area contributed by atoms with E-state index >= 15 is 0 Å². The van der Waals surface area contributed by atoms with Gasteiger partial charge in [-0.25, -0.2) is 9.59 Å². The molecule has 0 atom stereocenters. The van der Waals surface area contributed by atoms with Crippen molar-refractivity contribution >= 4 is 34.8 Å². The van der Waals surface area contributed by atoms with Crippen LogP contribution in [-0.2, 0) is 9.47 Å². The van der Waals surface area contributed by atoms with Crippen molar-refractivity contribution in [3.8, 4) is 5.69 Å². The standard InChI is InChI=1S/C23H21NO6S/c1-13-11-18(14(2)24(13)17-7-5-16(6-8-17)22(27)29-4)19(26)12-30-23(28)21-10-9-20(31-21)15(3)25/h5-11H,12H2,1-4H3. The molecule has 2 heterocycles. The molecule has 31 heavy (non-hydrogen) atoms. The van der Waals surface area contributed by atoms with E-state index in [1.165, 1.54) is 20.1 Å². The molecule has 3 rings (SSSR count). The number of thiophene rings is 1. The Bertz CT molecular complexity index is 1170. The van der Waals surface area contributed by atoms with Crippen molar-refractivity contribution in [1.82, 2.24) is 4.57 Å². The number of benzene rings is 1. The molecule has 0 bridgehead atoms. The van der Waals surface area contributed by atoms with Gasteiger partial charge < -0.3 is 14.0 Å². The predicted molar refractivity (Wildman–Crippen MR) is 116 cm³/mol. The molecule has 0 radical (unpaired) electrons. The van der Waals surface area contributed by atoms with Crippen LogP contribution < -0.4 is 0 Å². The average molecular weight is 439 g/mol. The number of carbonyl (C=O) groups excluding carboxylic acids is 4. The van der Waals surface area contributed by atoms with Gasteiger partial charge in [0.2, 0.25) is 5.78 Å². The summed E-state index contributed by atoms with van der Waals surface area (Å²) in [5.74, 6) is -1.53. The van der Waals surface area contributed by atoms with Crippen molar-refractivity contribution in [2.75, 3.05) is 13.7 Å². The number of nitrogens with zero attached hydrogens (tertiary/aromatic N) is 1. The van der Waals surface area contributed by atoms with Crippen molar-refractivity contribution in [1.29, 1.82) is 0 Å². The summed E-state index contributed by atoms with van der Waals surface area (Å²) in [6, 6.07) is 11.6. The van der Waals surface area contributed by atoms with Crippen LogP contribution in [0.15, 0.2) is 42.5 Å². The molecule has 0 amide bonds. The smallest absolute Gasteiger partial charge is 0.348 e. The maximum atomic E-state index is 12.7. The van der Waals surface area contributed by atoms with Crippen LogP contribution in [0, 0.1) is 13.8 Å². The van der Waals surface area contributed by atoms with Gasteiger partial charge in [-0.15, -0.1) is 11.3 Å². The molecule has 0 spiro atoms. The Kier molecular flexibility index (Phi) is 6.50. The number of hydrogen-bond donors (Lipinski definition) is 0. The molecule has 1 aromatic carbocycles. The number of aryl methyl sites for hydroxylation is 1. The molecule has 0 aliphatic heterocycles. The molecular weight excluding hydrogens is 418 g/mol. The number of ketones is 2. The molecule has 3 aromatic rings. The van der Waals surface area contributed by atoms with Crippen molar-refractivity contribution in [2.24, 2.45) is 0 Å². The highest BCUT2D eigenvalue weighted by atomic mass is 32.1. The second kappa shape index (κ2) is 9.09. The molecule has 0 fully saturated rings. The van der Waals surface area contributed by atoms with E-state index in [9.17, 15) is 19.2 Å². The summed E-state index contributed by atoms with van der Waals surface area (Å²) >= 11 is 1.04. The molecule has 0 unspecified atom stereocenters. The minimum Gasteiger partial charge on any atom is -0.465 e. The van der Waals surface area contributed by atoms with Crippen LogP contribution in [0.5, 0.6) is 0 Å².